The van der Waals surface area contributed by atoms with Gasteiger partial charge < -0.3 is 15.5 Å². The number of likely N-dealkylation sites (tertiary alicyclic amines) is 1. The summed E-state index contributed by atoms with van der Waals surface area (Å²) in [6.07, 6.45) is 1.07. The summed E-state index contributed by atoms with van der Waals surface area (Å²) in [5.41, 5.74) is 0. The van der Waals surface area contributed by atoms with Gasteiger partial charge >= 0.3 is 6.03 Å². The molecule has 15 heavy (non-hydrogen) atoms. The second-order valence-corrected chi connectivity index (χ2v) is 4.57. The first-order chi connectivity index (χ1) is 7.13. The predicted octanol–water partition coefficient (Wildman–Crippen LogP) is 1.04. The Kier molecular flexibility index (Phi) is 4.88. The maximum atomic E-state index is 11.5. The van der Waals surface area contributed by atoms with Crippen LogP contribution in [0.3, 0.4) is 0 Å². The number of nitrogens with zero attached hydrogens (tertiary/aromatic N) is 1. The van der Waals surface area contributed by atoms with E-state index in [1.807, 2.05) is 11.8 Å². The molecule has 1 fully saturated rings. The minimum absolute atomic E-state index is 0.0753. The first-order valence-electron chi connectivity index (χ1n) is 5.89. The molecular formula is C11H23N3O. The van der Waals surface area contributed by atoms with E-state index in [0.29, 0.717) is 18.5 Å². The van der Waals surface area contributed by atoms with Crippen LogP contribution in [0.1, 0.15) is 27.2 Å². The molecule has 1 atom stereocenters. The van der Waals surface area contributed by atoms with E-state index < -0.39 is 0 Å². The highest BCUT2D eigenvalue weighted by Gasteiger charge is 2.25. The number of amides is 2. The van der Waals surface area contributed by atoms with Gasteiger partial charge in [0.1, 0.15) is 0 Å². The van der Waals surface area contributed by atoms with Crippen LogP contribution < -0.4 is 10.6 Å². The Morgan fingerprint density at radius 2 is 2.27 bits per heavy atom. The van der Waals surface area contributed by atoms with E-state index in [0.717, 1.165) is 26.1 Å². The third kappa shape index (κ3) is 4.08. The smallest absolute Gasteiger partial charge is 0.317 e. The zero-order valence-electron chi connectivity index (χ0n) is 10.0. The average Bonchev–Trinajstić information content (AvgIpc) is 2.63. The van der Waals surface area contributed by atoms with Crippen molar-refractivity contribution in [3.63, 3.8) is 0 Å². The first kappa shape index (κ1) is 12.3. The molecule has 0 radical (unpaired) electrons. The molecule has 4 heteroatoms. The zero-order valence-corrected chi connectivity index (χ0v) is 10.0. The number of hydrogen-bond donors (Lipinski definition) is 2. The van der Waals surface area contributed by atoms with Crippen molar-refractivity contribution in [1.29, 1.82) is 0 Å². The van der Waals surface area contributed by atoms with Crippen molar-refractivity contribution in [2.45, 2.75) is 33.2 Å². The minimum atomic E-state index is 0.0753. The maximum Gasteiger partial charge on any atom is 0.317 e. The fraction of sp³-hybridized carbons (Fsp3) is 0.909. The molecule has 1 aliphatic rings. The van der Waals surface area contributed by atoms with Crippen LogP contribution in [0.25, 0.3) is 0 Å². The number of carbonyl (C=O) groups is 1. The first-order valence-corrected chi connectivity index (χ1v) is 5.89. The lowest BCUT2D eigenvalue weighted by Gasteiger charge is -2.17. The van der Waals surface area contributed by atoms with Crippen molar-refractivity contribution in [3.05, 3.63) is 0 Å². The Bertz CT molecular complexity index is 206. The van der Waals surface area contributed by atoms with Crippen LogP contribution in [-0.4, -0.2) is 43.2 Å². The van der Waals surface area contributed by atoms with E-state index in [1.165, 1.54) is 0 Å². The van der Waals surface area contributed by atoms with Gasteiger partial charge in [-0.1, -0.05) is 13.8 Å². The topological polar surface area (TPSA) is 44.4 Å². The van der Waals surface area contributed by atoms with Crippen molar-refractivity contribution in [3.8, 4) is 0 Å². The summed E-state index contributed by atoms with van der Waals surface area (Å²) < 4.78 is 0. The molecule has 2 N–H and O–H groups in total. The van der Waals surface area contributed by atoms with E-state index in [4.69, 9.17) is 0 Å². The third-order valence-corrected chi connectivity index (χ3v) is 2.62. The summed E-state index contributed by atoms with van der Waals surface area (Å²) in [5, 5.41) is 6.32. The quantitative estimate of drug-likeness (QED) is 0.733. The Labute approximate surface area is 92.4 Å². The molecule has 0 bridgehead atoms. The Morgan fingerprint density at radius 1 is 1.53 bits per heavy atom. The van der Waals surface area contributed by atoms with E-state index in [-0.39, 0.29) is 6.03 Å². The monoisotopic (exact) mass is 213 g/mol. The lowest BCUT2D eigenvalue weighted by Crippen LogP contribution is -2.41. The lowest BCUT2D eigenvalue weighted by molar-refractivity contribution is 0.208. The summed E-state index contributed by atoms with van der Waals surface area (Å²) in [5.74, 6) is 0.670. The standard InChI is InChI=1S/C11H23N3O/c1-4-12-11(15)14-6-5-10(8-14)13-7-9(2)3/h9-10,13H,4-8H2,1-3H3,(H,12,15). The maximum absolute atomic E-state index is 11.5. The number of rotatable bonds is 4. The molecule has 88 valence electrons. The molecule has 0 aromatic rings. The van der Waals surface area contributed by atoms with Gasteiger partial charge in [-0.2, -0.15) is 0 Å². The molecule has 0 aromatic heterocycles. The highest BCUT2D eigenvalue weighted by molar-refractivity contribution is 5.74. The van der Waals surface area contributed by atoms with Crippen LogP contribution in [0, 0.1) is 5.92 Å². The number of urea groups is 1. The van der Waals surface area contributed by atoms with Crippen molar-refractivity contribution < 1.29 is 4.79 Å². The van der Waals surface area contributed by atoms with Crippen LogP contribution in [0.5, 0.6) is 0 Å². The van der Waals surface area contributed by atoms with Gasteiger partial charge in [0.2, 0.25) is 0 Å². The predicted molar refractivity (Wildman–Crippen MR) is 61.9 cm³/mol. The van der Waals surface area contributed by atoms with Gasteiger partial charge in [0, 0.05) is 25.7 Å². The SMILES string of the molecule is CCNC(=O)N1CCC(NCC(C)C)C1. The molecule has 2 amide bonds. The summed E-state index contributed by atoms with van der Waals surface area (Å²) in [6, 6.07) is 0.557. The highest BCUT2D eigenvalue weighted by Crippen LogP contribution is 2.09. The molecule has 0 saturated carbocycles. The zero-order chi connectivity index (χ0) is 11.3. The Hall–Kier alpha value is -0.770. The molecule has 1 heterocycles. The second kappa shape index (κ2) is 5.95. The molecular weight excluding hydrogens is 190 g/mol. The third-order valence-electron chi connectivity index (χ3n) is 2.62. The Morgan fingerprint density at radius 3 is 2.87 bits per heavy atom. The molecule has 0 aliphatic carbocycles. The van der Waals surface area contributed by atoms with Crippen LogP contribution in [0.2, 0.25) is 0 Å². The van der Waals surface area contributed by atoms with Crippen LogP contribution in [0.15, 0.2) is 0 Å². The van der Waals surface area contributed by atoms with Gasteiger partial charge in [0.15, 0.2) is 0 Å². The molecule has 1 aliphatic heterocycles. The van der Waals surface area contributed by atoms with Gasteiger partial charge in [-0.3, -0.25) is 0 Å². The summed E-state index contributed by atoms with van der Waals surface area (Å²) in [7, 11) is 0. The van der Waals surface area contributed by atoms with Gasteiger partial charge in [0.05, 0.1) is 0 Å². The summed E-state index contributed by atoms with van der Waals surface area (Å²) in [4.78, 5) is 13.4. The van der Waals surface area contributed by atoms with Crippen LogP contribution in [-0.2, 0) is 0 Å². The molecule has 1 saturated heterocycles. The van der Waals surface area contributed by atoms with E-state index >= 15 is 0 Å². The summed E-state index contributed by atoms with van der Waals surface area (Å²) >= 11 is 0. The molecule has 0 spiro atoms. The lowest BCUT2D eigenvalue weighted by atomic mass is 10.2. The summed E-state index contributed by atoms with van der Waals surface area (Å²) in [6.45, 7) is 9.81. The average molecular weight is 213 g/mol. The van der Waals surface area contributed by atoms with Crippen LogP contribution in [0.4, 0.5) is 4.79 Å². The van der Waals surface area contributed by atoms with Gasteiger partial charge in [-0.15, -0.1) is 0 Å². The van der Waals surface area contributed by atoms with Gasteiger partial charge in [-0.05, 0) is 25.8 Å². The van der Waals surface area contributed by atoms with Crippen molar-refractivity contribution >= 4 is 6.03 Å². The van der Waals surface area contributed by atoms with E-state index in [1.54, 1.807) is 0 Å². The van der Waals surface area contributed by atoms with Gasteiger partial charge in [0.25, 0.3) is 0 Å². The highest BCUT2D eigenvalue weighted by atomic mass is 16.2. The molecule has 0 aromatic carbocycles. The normalized spacial score (nSPS) is 21.1. The second-order valence-electron chi connectivity index (χ2n) is 4.57. The van der Waals surface area contributed by atoms with E-state index in [2.05, 4.69) is 24.5 Å². The number of nitrogens with one attached hydrogen (secondary N) is 2. The minimum Gasteiger partial charge on any atom is -0.338 e. The molecule has 1 unspecified atom stereocenters. The van der Waals surface area contributed by atoms with Gasteiger partial charge in [-0.25, -0.2) is 4.79 Å². The molecule has 4 nitrogen and oxygen atoms in total. The fourth-order valence-corrected chi connectivity index (χ4v) is 1.78. The van der Waals surface area contributed by atoms with Crippen molar-refractivity contribution in [1.82, 2.24) is 15.5 Å². The number of carbonyl (C=O) groups excluding carboxylic acids is 1. The molecule has 1 rings (SSSR count). The fourth-order valence-electron chi connectivity index (χ4n) is 1.78. The van der Waals surface area contributed by atoms with Crippen LogP contribution >= 0.6 is 0 Å². The Balaban J connectivity index is 2.23. The van der Waals surface area contributed by atoms with Crippen molar-refractivity contribution in [2.75, 3.05) is 26.2 Å². The van der Waals surface area contributed by atoms with Crippen molar-refractivity contribution in [2.24, 2.45) is 5.92 Å². The van der Waals surface area contributed by atoms with E-state index in [9.17, 15) is 4.79 Å². The largest absolute Gasteiger partial charge is 0.338 e. The number of hydrogen-bond acceptors (Lipinski definition) is 2.